The van der Waals surface area contributed by atoms with Crippen LogP contribution in [0.5, 0.6) is 11.5 Å². The molecule has 0 fully saturated rings. The van der Waals surface area contributed by atoms with Crippen molar-refractivity contribution >= 4 is 11.9 Å². The van der Waals surface area contributed by atoms with Crippen molar-refractivity contribution in [1.29, 1.82) is 0 Å². The maximum Gasteiger partial charge on any atom is 0.232 e. The van der Waals surface area contributed by atoms with Crippen LogP contribution in [0.4, 0.5) is 0 Å². The van der Waals surface area contributed by atoms with Crippen molar-refractivity contribution in [2.75, 3.05) is 0 Å². The minimum atomic E-state index is -0.138. The highest BCUT2D eigenvalue weighted by molar-refractivity contribution is 6.15. The summed E-state index contributed by atoms with van der Waals surface area (Å²) in [7, 11) is 0. The first kappa shape index (κ1) is 12.5. The SMILES string of the molecule is Cc1ccccc1/C=C1/Oc2cc(O)cc(C)c2C1=O. The molecule has 20 heavy (non-hydrogen) atoms. The van der Waals surface area contributed by atoms with Crippen molar-refractivity contribution in [3.05, 3.63) is 64.4 Å². The molecule has 1 aliphatic rings. The summed E-state index contributed by atoms with van der Waals surface area (Å²) in [5.74, 6) is 0.683. The number of hydrogen-bond acceptors (Lipinski definition) is 3. The Morgan fingerprint density at radius 3 is 2.60 bits per heavy atom. The highest BCUT2D eigenvalue weighted by Gasteiger charge is 2.29. The summed E-state index contributed by atoms with van der Waals surface area (Å²) in [6, 6.07) is 10.8. The van der Waals surface area contributed by atoms with Crippen LogP contribution in [0.3, 0.4) is 0 Å². The van der Waals surface area contributed by atoms with E-state index in [1.165, 1.54) is 6.07 Å². The number of rotatable bonds is 1. The third-order valence-corrected chi connectivity index (χ3v) is 3.43. The van der Waals surface area contributed by atoms with E-state index in [-0.39, 0.29) is 11.5 Å². The number of hydrogen-bond donors (Lipinski definition) is 1. The highest BCUT2D eigenvalue weighted by atomic mass is 16.5. The number of carbonyl (C=O) groups excluding carboxylic acids is 1. The Balaban J connectivity index is 2.07. The molecule has 0 bridgehead atoms. The zero-order valence-electron chi connectivity index (χ0n) is 11.3. The Morgan fingerprint density at radius 1 is 1.10 bits per heavy atom. The van der Waals surface area contributed by atoms with Crippen molar-refractivity contribution in [1.82, 2.24) is 0 Å². The van der Waals surface area contributed by atoms with Crippen LogP contribution in [0, 0.1) is 13.8 Å². The van der Waals surface area contributed by atoms with Gasteiger partial charge in [-0.1, -0.05) is 24.3 Å². The summed E-state index contributed by atoms with van der Waals surface area (Å²) in [6.45, 7) is 3.77. The highest BCUT2D eigenvalue weighted by Crippen LogP contribution is 2.37. The van der Waals surface area contributed by atoms with Crippen LogP contribution < -0.4 is 4.74 Å². The van der Waals surface area contributed by atoms with Gasteiger partial charge >= 0.3 is 0 Å². The topological polar surface area (TPSA) is 46.5 Å². The molecule has 0 saturated carbocycles. The van der Waals surface area contributed by atoms with Gasteiger partial charge < -0.3 is 9.84 Å². The molecular weight excluding hydrogens is 252 g/mol. The van der Waals surface area contributed by atoms with Crippen molar-refractivity contribution in [2.24, 2.45) is 0 Å². The Hall–Kier alpha value is -2.55. The molecule has 0 saturated heterocycles. The van der Waals surface area contributed by atoms with Gasteiger partial charge in [0.1, 0.15) is 11.5 Å². The van der Waals surface area contributed by atoms with Gasteiger partial charge in [-0.2, -0.15) is 0 Å². The maximum absolute atomic E-state index is 12.4. The number of aromatic hydroxyl groups is 1. The normalized spacial score (nSPS) is 15.3. The Bertz CT molecular complexity index is 742. The molecule has 100 valence electrons. The van der Waals surface area contributed by atoms with E-state index >= 15 is 0 Å². The van der Waals surface area contributed by atoms with Gasteiger partial charge in [0.15, 0.2) is 5.76 Å². The Kier molecular flexibility index (Phi) is 2.83. The number of ketones is 1. The number of allylic oxidation sites excluding steroid dienone is 1. The van der Waals surface area contributed by atoms with Gasteiger partial charge in [0.25, 0.3) is 0 Å². The van der Waals surface area contributed by atoms with Crippen LogP contribution in [0.1, 0.15) is 27.0 Å². The lowest BCUT2D eigenvalue weighted by Gasteiger charge is -2.02. The second-order valence-corrected chi connectivity index (χ2v) is 4.93. The molecule has 0 unspecified atom stereocenters. The molecule has 1 N–H and O–H groups in total. The average Bonchev–Trinajstić information content (AvgIpc) is 2.69. The summed E-state index contributed by atoms with van der Waals surface area (Å²) >= 11 is 0. The molecule has 0 amide bonds. The van der Waals surface area contributed by atoms with Crippen LogP contribution in [0.25, 0.3) is 6.08 Å². The second-order valence-electron chi connectivity index (χ2n) is 4.93. The molecular formula is C17H14O3. The van der Waals surface area contributed by atoms with Gasteiger partial charge in [-0.15, -0.1) is 0 Å². The van der Waals surface area contributed by atoms with E-state index in [1.54, 1.807) is 19.1 Å². The van der Waals surface area contributed by atoms with Gasteiger partial charge in [0, 0.05) is 6.07 Å². The minimum absolute atomic E-state index is 0.103. The van der Waals surface area contributed by atoms with Crippen LogP contribution in [0.15, 0.2) is 42.2 Å². The molecule has 0 radical (unpaired) electrons. The number of benzene rings is 2. The zero-order chi connectivity index (χ0) is 14.3. The predicted octanol–water partition coefficient (Wildman–Crippen LogP) is 3.63. The molecule has 3 heteroatoms. The van der Waals surface area contributed by atoms with E-state index in [1.807, 2.05) is 31.2 Å². The Labute approximate surface area is 117 Å². The third kappa shape index (κ3) is 1.97. The molecule has 0 aromatic heterocycles. The summed E-state index contributed by atoms with van der Waals surface area (Å²) in [6.07, 6.45) is 1.74. The monoisotopic (exact) mass is 266 g/mol. The molecule has 2 aromatic rings. The summed E-state index contributed by atoms with van der Waals surface area (Å²) in [4.78, 5) is 12.4. The number of fused-ring (bicyclic) bond motifs is 1. The van der Waals surface area contributed by atoms with E-state index < -0.39 is 0 Å². The largest absolute Gasteiger partial charge is 0.508 e. The number of carbonyl (C=O) groups is 1. The first-order valence-corrected chi connectivity index (χ1v) is 6.40. The molecule has 2 aromatic carbocycles. The number of Topliss-reactive ketones (excluding diaryl/α,β-unsaturated/α-hetero) is 1. The fourth-order valence-corrected chi connectivity index (χ4v) is 2.38. The number of phenolic OH excluding ortho intramolecular Hbond substituents is 1. The quantitative estimate of drug-likeness (QED) is 0.802. The van der Waals surface area contributed by atoms with Crippen molar-refractivity contribution < 1.29 is 14.6 Å². The van der Waals surface area contributed by atoms with Crippen LogP contribution in [0.2, 0.25) is 0 Å². The predicted molar refractivity (Wildman–Crippen MR) is 77.0 cm³/mol. The minimum Gasteiger partial charge on any atom is -0.508 e. The van der Waals surface area contributed by atoms with Gasteiger partial charge in [-0.3, -0.25) is 4.79 Å². The van der Waals surface area contributed by atoms with E-state index in [4.69, 9.17) is 4.74 Å². The Morgan fingerprint density at radius 2 is 1.85 bits per heavy atom. The van der Waals surface area contributed by atoms with Crippen molar-refractivity contribution in [2.45, 2.75) is 13.8 Å². The van der Waals surface area contributed by atoms with E-state index in [0.717, 1.165) is 16.7 Å². The molecule has 0 atom stereocenters. The molecule has 3 rings (SSSR count). The van der Waals surface area contributed by atoms with Gasteiger partial charge in [-0.25, -0.2) is 0 Å². The summed E-state index contributed by atoms with van der Waals surface area (Å²) in [5, 5.41) is 9.57. The second kappa shape index (κ2) is 4.53. The molecule has 3 nitrogen and oxygen atoms in total. The van der Waals surface area contributed by atoms with E-state index in [2.05, 4.69) is 0 Å². The van der Waals surface area contributed by atoms with Gasteiger partial charge in [0.05, 0.1) is 5.56 Å². The molecule has 1 heterocycles. The third-order valence-electron chi connectivity index (χ3n) is 3.43. The van der Waals surface area contributed by atoms with Crippen molar-refractivity contribution in [3.63, 3.8) is 0 Å². The van der Waals surface area contributed by atoms with Crippen LogP contribution in [-0.2, 0) is 0 Å². The van der Waals surface area contributed by atoms with Gasteiger partial charge in [0.2, 0.25) is 5.78 Å². The first-order chi connectivity index (χ1) is 9.56. The fourth-order valence-electron chi connectivity index (χ4n) is 2.38. The van der Waals surface area contributed by atoms with E-state index in [9.17, 15) is 9.90 Å². The lowest BCUT2D eigenvalue weighted by atomic mass is 10.0. The smallest absolute Gasteiger partial charge is 0.232 e. The van der Waals surface area contributed by atoms with E-state index in [0.29, 0.717) is 17.1 Å². The summed E-state index contributed by atoms with van der Waals surface area (Å²) in [5.41, 5.74) is 3.28. The molecule has 0 spiro atoms. The first-order valence-electron chi connectivity index (χ1n) is 6.40. The maximum atomic E-state index is 12.4. The fraction of sp³-hybridized carbons (Fsp3) is 0.118. The number of ether oxygens (including phenoxy) is 1. The average molecular weight is 266 g/mol. The van der Waals surface area contributed by atoms with Crippen molar-refractivity contribution in [3.8, 4) is 11.5 Å². The molecule has 1 aliphatic heterocycles. The molecule has 0 aliphatic carbocycles. The standard InChI is InChI=1S/C17H14O3/c1-10-5-3-4-6-12(10)8-15-17(19)16-11(2)7-13(18)9-14(16)20-15/h3-9,18H,1-2H3/b15-8+. The van der Waals surface area contributed by atoms with Crippen LogP contribution >= 0.6 is 0 Å². The van der Waals surface area contributed by atoms with Gasteiger partial charge in [-0.05, 0) is 42.7 Å². The lowest BCUT2D eigenvalue weighted by molar-refractivity contribution is 0.101. The number of phenols is 1. The number of aryl methyl sites for hydroxylation is 2. The zero-order valence-corrected chi connectivity index (χ0v) is 11.3. The summed E-state index contributed by atoms with van der Waals surface area (Å²) < 4.78 is 5.59. The lowest BCUT2D eigenvalue weighted by Crippen LogP contribution is -1.99. The van der Waals surface area contributed by atoms with Crippen LogP contribution in [-0.4, -0.2) is 10.9 Å².